The van der Waals surface area contributed by atoms with E-state index in [4.69, 9.17) is 5.11 Å². The minimum absolute atomic E-state index is 0.0724. The highest BCUT2D eigenvalue weighted by Gasteiger charge is 2.26. The number of nitrogens with one attached hydrogen (secondary N) is 1. The van der Waals surface area contributed by atoms with Gasteiger partial charge in [-0.1, -0.05) is 6.92 Å². The van der Waals surface area contributed by atoms with Gasteiger partial charge in [-0.2, -0.15) is 0 Å². The largest absolute Gasteiger partial charge is 0.480 e. The average Bonchev–Trinajstić information content (AvgIpc) is 2.90. The van der Waals surface area contributed by atoms with Crippen LogP contribution in [0.2, 0.25) is 0 Å². The summed E-state index contributed by atoms with van der Waals surface area (Å²) in [6, 6.07) is 0.195. The predicted octanol–water partition coefficient (Wildman–Crippen LogP) is 1.61. The second-order valence-electron chi connectivity index (χ2n) is 6.21. The van der Waals surface area contributed by atoms with Crippen LogP contribution >= 0.6 is 0 Å². The summed E-state index contributed by atoms with van der Waals surface area (Å²) in [5, 5.41) is 11.8. The maximum atomic E-state index is 12.2. The van der Waals surface area contributed by atoms with Gasteiger partial charge in [-0.25, -0.2) is 4.79 Å². The zero-order valence-electron chi connectivity index (χ0n) is 13.6. The van der Waals surface area contributed by atoms with Crippen molar-refractivity contribution in [2.75, 3.05) is 26.2 Å². The average molecular weight is 299 g/mol. The highest BCUT2D eigenvalue weighted by Crippen LogP contribution is 2.17. The van der Waals surface area contributed by atoms with Crippen LogP contribution in [0.5, 0.6) is 0 Å². The molecule has 2 amide bonds. The van der Waals surface area contributed by atoms with Crippen molar-refractivity contribution in [2.24, 2.45) is 5.92 Å². The van der Waals surface area contributed by atoms with E-state index < -0.39 is 5.97 Å². The number of hydrogen-bond donors (Lipinski definition) is 2. The zero-order chi connectivity index (χ0) is 16.0. The number of amides is 2. The quantitative estimate of drug-likeness (QED) is 0.749. The molecule has 0 aliphatic carbocycles. The fourth-order valence-electron chi connectivity index (χ4n) is 2.63. The Balaban J connectivity index is 2.45. The Morgan fingerprint density at radius 3 is 2.52 bits per heavy atom. The second kappa shape index (κ2) is 8.22. The van der Waals surface area contributed by atoms with E-state index in [2.05, 4.69) is 24.1 Å². The Hall–Kier alpha value is -1.30. The molecule has 122 valence electrons. The van der Waals surface area contributed by atoms with Crippen LogP contribution in [0.15, 0.2) is 0 Å². The van der Waals surface area contributed by atoms with E-state index in [0.29, 0.717) is 18.5 Å². The van der Waals surface area contributed by atoms with Crippen LogP contribution in [0.4, 0.5) is 4.79 Å². The smallest absolute Gasteiger partial charge is 0.323 e. The molecule has 0 aromatic carbocycles. The number of hydrogen-bond acceptors (Lipinski definition) is 3. The van der Waals surface area contributed by atoms with Crippen molar-refractivity contribution < 1.29 is 14.7 Å². The third kappa shape index (κ3) is 5.53. The van der Waals surface area contributed by atoms with E-state index in [9.17, 15) is 9.59 Å². The van der Waals surface area contributed by atoms with Crippen LogP contribution in [-0.2, 0) is 4.79 Å². The topological polar surface area (TPSA) is 72.9 Å². The Kier molecular flexibility index (Phi) is 6.95. The lowest BCUT2D eigenvalue weighted by molar-refractivity contribution is -0.138. The molecule has 2 atom stereocenters. The van der Waals surface area contributed by atoms with Gasteiger partial charge in [0.2, 0.25) is 0 Å². The van der Waals surface area contributed by atoms with Crippen molar-refractivity contribution in [3.8, 4) is 0 Å². The van der Waals surface area contributed by atoms with Gasteiger partial charge in [-0.05, 0) is 46.1 Å². The van der Waals surface area contributed by atoms with Crippen molar-refractivity contribution in [1.29, 1.82) is 0 Å². The van der Waals surface area contributed by atoms with Crippen molar-refractivity contribution in [3.05, 3.63) is 0 Å². The molecule has 2 N–H and O–H groups in total. The Morgan fingerprint density at radius 2 is 2.05 bits per heavy atom. The number of aliphatic carboxylic acids is 1. The third-order valence-electron chi connectivity index (χ3n) is 4.28. The summed E-state index contributed by atoms with van der Waals surface area (Å²) < 4.78 is 0. The number of likely N-dealkylation sites (tertiary alicyclic amines) is 1. The van der Waals surface area contributed by atoms with E-state index in [-0.39, 0.29) is 18.6 Å². The summed E-state index contributed by atoms with van der Waals surface area (Å²) in [4.78, 5) is 26.9. The third-order valence-corrected chi connectivity index (χ3v) is 4.28. The fourth-order valence-corrected chi connectivity index (χ4v) is 2.63. The molecule has 0 aromatic rings. The molecule has 1 aliphatic heterocycles. The van der Waals surface area contributed by atoms with E-state index in [1.54, 1.807) is 0 Å². The number of carbonyl (C=O) groups excluding carboxylic acids is 1. The molecule has 0 aromatic heterocycles. The molecule has 21 heavy (non-hydrogen) atoms. The maximum absolute atomic E-state index is 12.2. The number of carboxylic acids is 1. The second-order valence-corrected chi connectivity index (χ2v) is 6.21. The van der Waals surface area contributed by atoms with Crippen molar-refractivity contribution in [2.45, 2.75) is 52.6 Å². The van der Waals surface area contributed by atoms with E-state index in [1.807, 2.05) is 13.8 Å². The fraction of sp³-hybridized carbons (Fsp3) is 0.867. The van der Waals surface area contributed by atoms with Gasteiger partial charge in [-0.3, -0.25) is 4.79 Å². The van der Waals surface area contributed by atoms with Crippen LogP contribution in [0.1, 0.15) is 40.5 Å². The molecule has 6 heteroatoms. The number of carboxylic acid groups (broad SMARTS) is 1. The molecule has 1 saturated heterocycles. The molecule has 1 heterocycles. The monoisotopic (exact) mass is 299 g/mol. The first-order valence-corrected chi connectivity index (χ1v) is 7.85. The van der Waals surface area contributed by atoms with E-state index >= 15 is 0 Å². The van der Waals surface area contributed by atoms with Gasteiger partial charge < -0.3 is 20.2 Å². The van der Waals surface area contributed by atoms with Crippen molar-refractivity contribution >= 4 is 12.0 Å². The maximum Gasteiger partial charge on any atom is 0.323 e. The van der Waals surface area contributed by atoms with Gasteiger partial charge in [0.25, 0.3) is 0 Å². The van der Waals surface area contributed by atoms with Gasteiger partial charge in [0, 0.05) is 25.2 Å². The number of urea groups is 1. The Morgan fingerprint density at radius 1 is 1.38 bits per heavy atom. The highest BCUT2D eigenvalue weighted by atomic mass is 16.4. The molecular formula is C15H29N3O3. The van der Waals surface area contributed by atoms with Gasteiger partial charge in [0.05, 0.1) is 0 Å². The normalized spacial score (nSPS) is 20.5. The summed E-state index contributed by atoms with van der Waals surface area (Å²) in [6.45, 7) is 10.6. The molecule has 1 aliphatic rings. The minimum atomic E-state index is -0.975. The van der Waals surface area contributed by atoms with Gasteiger partial charge in [0.15, 0.2) is 0 Å². The summed E-state index contributed by atoms with van der Waals surface area (Å²) >= 11 is 0. The minimum Gasteiger partial charge on any atom is -0.480 e. The highest BCUT2D eigenvalue weighted by molar-refractivity contribution is 5.80. The summed E-state index contributed by atoms with van der Waals surface area (Å²) in [7, 11) is 0. The first-order valence-electron chi connectivity index (χ1n) is 7.85. The van der Waals surface area contributed by atoms with Gasteiger partial charge in [0.1, 0.15) is 6.54 Å². The standard InChI is InChI=1S/C15H29N3O3/c1-5-12(4)18(10-14(19)20)15(21)16-8-13-6-7-17(9-13)11(2)3/h11-13H,5-10H2,1-4H3,(H,16,21)(H,19,20). The van der Waals surface area contributed by atoms with E-state index in [1.165, 1.54) is 4.90 Å². The van der Waals surface area contributed by atoms with Crippen LogP contribution in [0.3, 0.4) is 0 Å². The lowest BCUT2D eigenvalue weighted by atomic mass is 10.1. The van der Waals surface area contributed by atoms with Crippen LogP contribution in [0, 0.1) is 5.92 Å². The van der Waals surface area contributed by atoms with E-state index in [0.717, 1.165) is 25.9 Å². The molecule has 6 nitrogen and oxygen atoms in total. The molecule has 1 rings (SSSR count). The first-order chi connectivity index (χ1) is 9.85. The molecule has 2 unspecified atom stereocenters. The van der Waals surface area contributed by atoms with Crippen molar-refractivity contribution in [3.63, 3.8) is 0 Å². The lowest BCUT2D eigenvalue weighted by Crippen LogP contribution is -2.48. The van der Waals surface area contributed by atoms with Gasteiger partial charge >= 0.3 is 12.0 Å². The predicted molar refractivity (Wildman–Crippen MR) is 82.3 cm³/mol. The summed E-state index contributed by atoms with van der Waals surface area (Å²) in [5.41, 5.74) is 0. The molecule has 0 spiro atoms. The molecule has 1 fully saturated rings. The SMILES string of the molecule is CCC(C)N(CC(=O)O)C(=O)NCC1CCN(C(C)C)C1. The first kappa shape index (κ1) is 17.8. The number of carbonyl (C=O) groups is 2. The van der Waals surface area contributed by atoms with Crippen LogP contribution in [-0.4, -0.2) is 65.2 Å². The summed E-state index contributed by atoms with van der Waals surface area (Å²) in [6.07, 6.45) is 1.83. The Labute approximate surface area is 127 Å². The number of nitrogens with zero attached hydrogens (tertiary/aromatic N) is 2. The zero-order valence-corrected chi connectivity index (χ0v) is 13.6. The molecule has 0 bridgehead atoms. The van der Waals surface area contributed by atoms with Crippen LogP contribution in [0.25, 0.3) is 0 Å². The molecule has 0 saturated carbocycles. The summed E-state index contributed by atoms with van der Waals surface area (Å²) in [5.74, 6) is -0.516. The molecule has 0 radical (unpaired) electrons. The van der Waals surface area contributed by atoms with Gasteiger partial charge in [-0.15, -0.1) is 0 Å². The van der Waals surface area contributed by atoms with Crippen LogP contribution < -0.4 is 5.32 Å². The molecular weight excluding hydrogens is 270 g/mol. The van der Waals surface area contributed by atoms with Crippen molar-refractivity contribution in [1.82, 2.24) is 15.1 Å². The Bertz CT molecular complexity index is 360. The number of rotatable bonds is 7. The lowest BCUT2D eigenvalue weighted by Gasteiger charge is -2.27.